The van der Waals surface area contributed by atoms with Crippen molar-refractivity contribution in [1.82, 2.24) is 19.8 Å². The highest BCUT2D eigenvalue weighted by atomic mass is 35.5. The Balaban J connectivity index is 1.49. The van der Waals surface area contributed by atoms with Gasteiger partial charge in [-0.05, 0) is 31.4 Å². The van der Waals surface area contributed by atoms with E-state index in [9.17, 15) is 13.2 Å². The fourth-order valence-corrected chi connectivity index (χ4v) is 7.12. The summed E-state index contributed by atoms with van der Waals surface area (Å²) in [5, 5.41) is 9.18. The first-order valence-corrected chi connectivity index (χ1v) is 13.6. The van der Waals surface area contributed by atoms with Gasteiger partial charge >= 0.3 is 0 Å². The Hall–Kier alpha value is -1.78. The van der Waals surface area contributed by atoms with E-state index in [2.05, 4.69) is 10.2 Å². The van der Waals surface area contributed by atoms with Crippen LogP contribution in [0.25, 0.3) is 11.4 Å². The van der Waals surface area contributed by atoms with Crippen molar-refractivity contribution in [3.05, 3.63) is 29.3 Å². The van der Waals surface area contributed by atoms with Crippen molar-refractivity contribution < 1.29 is 13.2 Å². The topological polar surface area (TPSA) is 111 Å². The minimum atomic E-state index is -3.08. The van der Waals surface area contributed by atoms with Crippen molar-refractivity contribution in [2.24, 2.45) is 0 Å². The molecule has 1 aliphatic carbocycles. The second-order valence-corrected chi connectivity index (χ2v) is 11.7. The molecular weight excluding hydrogens is 458 g/mol. The maximum atomic E-state index is 13.2. The fourth-order valence-electron chi connectivity index (χ4n) is 4.46. The molecule has 2 N–H and O–H groups in total. The van der Waals surface area contributed by atoms with Gasteiger partial charge in [-0.25, -0.2) is 13.1 Å². The third-order valence-corrected chi connectivity index (χ3v) is 8.97. The minimum Gasteiger partial charge on any atom is -0.335 e. The predicted octanol–water partition coefficient (Wildman–Crippen LogP) is 2.75. The van der Waals surface area contributed by atoms with Crippen LogP contribution in [-0.4, -0.2) is 63.4 Å². The maximum absolute atomic E-state index is 13.2. The van der Waals surface area contributed by atoms with Crippen molar-refractivity contribution in [3.8, 4) is 11.4 Å². The van der Waals surface area contributed by atoms with Gasteiger partial charge in [0.05, 0.1) is 22.3 Å². The summed E-state index contributed by atoms with van der Waals surface area (Å²) >= 11 is 7.45. The van der Waals surface area contributed by atoms with E-state index < -0.39 is 9.84 Å². The zero-order valence-electron chi connectivity index (χ0n) is 17.1. The molecule has 1 aliphatic heterocycles. The van der Waals surface area contributed by atoms with Crippen LogP contribution in [-0.2, 0) is 14.6 Å². The molecule has 31 heavy (non-hydrogen) atoms. The Morgan fingerprint density at radius 3 is 2.58 bits per heavy atom. The third-order valence-electron chi connectivity index (χ3n) is 5.96. The van der Waals surface area contributed by atoms with Gasteiger partial charge in [0.25, 0.3) is 0 Å². The molecule has 0 radical (unpaired) electrons. The van der Waals surface area contributed by atoms with E-state index in [1.165, 1.54) is 16.4 Å². The van der Waals surface area contributed by atoms with E-state index in [1.807, 2.05) is 17.0 Å². The second kappa shape index (κ2) is 9.38. The lowest BCUT2D eigenvalue weighted by molar-refractivity contribution is -0.133. The summed E-state index contributed by atoms with van der Waals surface area (Å²) in [6.07, 6.45) is 5.67. The Morgan fingerprint density at radius 2 is 1.90 bits per heavy atom. The van der Waals surface area contributed by atoms with Gasteiger partial charge < -0.3 is 10.7 Å². The van der Waals surface area contributed by atoms with Crippen LogP contribution in [0.1, 0.15) is 38.5 Å². The number of carbonyl (C=O) groups is 1. The van der Waals surface area contributed by atoms with Crippen LogP contribution >= 0.6 is 23.4 Å². The first kappa shape index (κ1) is 22.4. The molecule has 1 amide bonds. The monoisotopic (exact) mass is 483 g/mol. The van der Waals surface area contributed by atoms with Gasteiger partial charge in [-0.1, -0.05) is 54.8 Å². The predicted molar refractivity (Wildman–Crippen MR) is 122 cm³/mol. The number of thioether (sulfide) groups is 1. The molecule has 1 aromatic carbocycles. The summed E-state index contributed by atoms with van der Waals surface area (Å²) in [5.41, 5.74) is 0.664. The molecule has 11 heteroatoms. The highest BCUT2D eigenvalue weighted by Gasteiger charge is 2.38. The lowest BCUT2D eigenvalue weighted by atomic mass is 9.93. The molecule has 1 atom stereocenters. The molecule has 2 heterocycles. The summed E-state index contributed by atoms with van der Waals surface area (Å²) in [6, 6.07) is 7.08. The summed E-state index contributed by atoms with van der Waals surface area (Å²) in [5.74, 6) is 6.87. The number of sulfone groups is 1. The Bertz CT molecular complexity index is 1050. The number of rotatable bonds is 6. The molecule has 1 aromatic heterocycles. The normalized spacial score (nSPS) is 21.3. The van der Waals surface area contributed by atoms with Crippen LogP contribution in [0.5, 0.6) is 0 Å². The van der Waals surface area contributed by atoms with Gasteiger partial charge in [0, 0.05) is 17.6 Å². The van der Waals surface area contributed by atoms with E-state index in [-0.39, 0.29) is 35.2 Å². The van der Waals surface area contributed by atoms with Crippen LogP contribution in [0.4, 0.5) is 0 Å². The number of hydrogen-bond donors (Lipinski definition) is 1. The first-order chi connectivity index (χ1) is 14.9. The zero-order valence-corrected chi connectivity index (χ0v) is 19.5. The molecule has 2 aliphatic rings. The smallest absolute Gasteiger partial charge is 0.233 e. The molecule has 1 saturated heterocycles. The van der Waals surface area contributed by atoms with E-state index in [1.54, 1.807) is 12.1 Å². The number of hydrogen-bond acceptors (Lipinski definition) is 7. The number of aromatic nitrogens is 3. The van der Waals surface area contributed by atoms with Crippen LogP contribution in [0.15, 0.2) is 29.4 Å². The van der Waals surface area contributed by atoms with Crippen molar-refractivity contribution in [1.29, 1.82) is 0 Å². The second-order valence-electron chi connectivity index (χ2n) is 8.09. The number of amides is 1. The van der Waals surface area contributed by atoms with E-state index >= 15 is 0 Å². The molecule has 2 fully saturated rings. The summed E-state index contributed by atoms with van der Waals surface area (Å²) in [4.78, 5) is 15.1. The molecule has 2 aromatic rings. The summed E-state index contributed by atoms with van der Waals surface area (Å²) in [6.45, 7) is 0. The van der Waals surface area contributed by atoms with E-state index in [4.69, 9.17) is 17.4 Å². The number of nitrogens with zero attached hydrogens (tertiary/aromatic N) is 4. The third kappa shape index (κ3) is 5.01. The standard InChI is InChI=1S/C20H26ClN5O3S2/c21-17-9-5-4-8-16(17)19-23-24-20(26(19)22)30-12-18(27)25(14-6-2-1-3-7-14)15-10-11-31(28,29)13-15/h4-5,8-9,14-15H,1-3,6-7,10-13,22H2. The summed E-state index contributed by atoms with van der Waals surface area (Å²) < 4.78 is 25.4. The van der Waals surface area contributed by atoms with E-state index in [0.717, 1.165) is 32.1 Å². The quantitative estimate of drug-likeness (QED) is 0.496. The largest absolute Gasteiger partial charge is 0.335 e. The number of benzene rings is 1. The SMILES string of the molecule is Nn1c(SCC(=O)N(C2CCCCC2)C2CCS(=O)(=O)C2)nnc1-c1ccccc1Cl. The molecule has 8 nitrogen and oxygen atoms in total. The maximum Gasteiger partial charge on any atom is 0.233 e. The number of nitrogen functional groups attached to an aromatic ring is 1. The highest BCUT2D eigenvalue weighted by Crippen LogP contribution is 2.31. The lowest BCUT2D eigenvalue weighted by Gasteiger charge is -2.38. The van der Waals surface area contributed by atoms with Crippen molar-refractivity contribution in [2.45, 2.75) is 55.8 Å². The summed E-state index contributed by atoms with van der Waals surface area (Å²) in [7, 11) is -3.08. The van der Waals surface area contributed by atoms with E-state index in [0.29, 0.717) is 28.0 Å². The minimum absolute atomic E-state index is 0.0592. The average Bonchev–Trinajstić information content (AvgIpc) is 3.29. The van der Waals surface area contributed by atoms with Crippen molar-refractivity contribution in [2.75, 3.05) is 23.1 Å². The van der Waals surface area contributed by atoms with Crippen molar-refractivity contribution in [3.63, 3.8) is 0 Å². The van der Waals surface area contributed by atoms with Crippen LogP contribution < -0.4 is 5.84 Å². The first-order valence-electron chi connectivity index (χ1n) is 10.5. The van der Waals surface area contributed by atoms with Crippen LogP contribution in [0.2, 0.25) is 5.02 Å². The lowest BCUT2D eigenvalue weighted by Crippen LogP contribution is -2.49. The Labute approximate surface area is 191 Å². The van der Waals surface area contributed by atoms with Crippen molar-refractivity contribution >= 4 is 39.1 Å². The number of halogens is 1. The Morgan fingerprint density at radius 1 is 1.16 bits per heavy atom. The van der Waals surface area contributed by atoms with Gasteiger partial charge in [-0.2, -0.15) is 0 Å². The van der Waals surface area contributed by atoms with Gasteiger partial charge in [-0.15, -0.1) is 10.2 Å². The average molecular weight is 484 g/mol. The Kier molecular flexibility index (Phi) is 6.78. The fraction of sp³-hybridized carbons (Fsp3) is 0.550. The molecule has 4 rings (SSSR count). The number of carbonyl (C=O) groups excluding carboxylic acids is 1. The van der Waals surface area contributed by atoms with Gasteiger partial charge in [0.2, 0.25) is 11.1 Å². The van der Waals surface area contributed by atoms with Crippen LogP contribution in [0, 0.1) is 0 Å². The van der Waals surface area contributed by atoms with Gasteiger partial charge in [0.1, 0.15) is 0 Å². The van der Waals surface area contributed by atoms with Gasteiger partial charge in [0.15, 0.2) is 15.7 Å². The zero-order chi connectivity index (χ0) is 22.0. The molecule has 0 bridgehead atoms. The van der Waals surface area contributed by atoms with Gasteiger partial charge in [-0.3, -0.25) is 4.79 Å². The number of nitrogens with two attached hydrogens (primary N) is 1. The molecular formula is C20H26ClN5O3S2. The molecule has 0 spiro atoms. The molecule has 1 unspecified atom stereocenters. The molecule has 1 saturated carbocycles. The highest BCUT2D eigenvalue weighted by molar-refractivity contribution is 7.99. The molecule has 168 valence electrons. The van der Waals surface area contributed by atoms with Crippen LogP contribution in [0.3, 0.4) is 0 Å².